The van der Waals surface area contributed by atoms with Gasteiger partial charge in [0.1, 0.15) is 5.75 Å². The first-order valence-corrected chi connectivity index (χ1v) is 5.64. The van der Waals surface area contributed by atoms with Crippen LogP contribution in [0.25, 0.3) is 11.4 Å². The van der Waals surface area contributed by atoms with Gasteiger partial charge in [0.15, 0.2) is 5.82 Å². The first-order chi connectivity index (χ1) is 8.10. The SMILES string of the molecule is COc1cc(-c2nc(Cl)nc(Cl)n2)ccc1Cl. The van der Waals surface area contributed by atoms with Crippen LogP contribution >= 0.6 is 34.8 Å². The van der Waals surface area contributed by atoms with Gasteiger partial charge in [0, 0.05) is 5.56 Å². The van der Waals surface area contributed by atoms with E-state index in [2.05, 4.69) is 15.0 Å². The second-order valence-electron chi connectivity index (χ2n) is 3.05. The largest absolute Gasteiger partial charge is 0.495 e. The highest BCUT2D eigenvalue weighted by molar-refractivity contribution is 6.32. The number of rotatable bonds is 2. The van der Waals surface area contributed by atoms with Crippen LogP contribution in [0, 0.1) is 0 Å². The van der Waals surface area contributed by atoms with Crippen LogP contribution < -0.4 is 4.74 Å². The van der Waals surface area contributed by atoms with E-state index in [0.717, 1.165) is 0 Å². The predicted octanol–water partition coefficient (Wildman–Crippen LogP) is 3.51. The maximum Gasteiger partial charge on any atom is 0.227 e. The Labute approximate surface area is 113 Å². The minimum atomic E-state index is 0.0360. The van der Waals surface area contributed by atoms with Gasteiger partial charge in [-0.3, -0.25) is 0 Å². The van der Waals surface area contributed by atoms with Gasteiger partial charge in [0.25, 0.3) is 0 Å². The zero-order chi connectivity index (χ0) is 12.4. The Morgan fingerprint density at radius 1 is 1.00 bits per heavy atom. The van der Waals surface area contributed by atoms with Crippen molar-refractivity contribution in [3.8, 4) is 17.1 Å². The Kier molecular flexibility index (Phi) is 3.66. The standard InChI is InChI=1S/C10H6Cl3N3O/c1-17-7-4-5(2-3-6(7)11)8-14-9(12)16-10(13)15-8/h2-4H,1H3. The lowest BCUT2D eigenvalue weighted by atomic mass is 10.2. The molecule has 17 heavy (non-hydrogen) atoms. The van der Waals surface area contributed by atoms with Gasteiger partial charge < -0.3 is 4.74 Å². The van der Waals surface area contributed by atoms with Gasteiger partial charge in [-0.15, -0.1) is 0 Å². The maximum atomic E-state index is 5.92. The van der Waals surface area contributed by atoms with Crippen LogP contribution in [0.1, 0.15) is 0 Å². The second kappa shape index (κ2) is 5.04. The van der Waals surface area contributed by atoms with Crippen molar-refractivity contribution in [2.75, 3.05) is 7.11 Å². The van der Waals surface area contributed by atoms with Gasteiger partial charge in [0.05, 0.1) is 12.1 Å². The number of ether oxygens (including phenoxy) is 1. The summed E-state index contributed by atoms with van der Waals surface area (Å²) < 4.78 is 5.10. The summed E-state index contributed by atoms with van der Waals surface area (Å²) in [4.78, 5) is 11.6. The van der Waals surface area contributed by atoms with Gasteiger partial charge >= 0.3 is 0 Å². The van der Waals surface area contributed by atoms with E-state index in [0.29, 0.717) is 22.2 Å². The quantitative estimate of drug-likeness (QED) is 0.849. The minimum Gasteiger partial charge on any atom is -0.495 e. The Morgan fingerprint density at radius 3 is 2.24 bits per heavy atom. The Bertz CT molecular complexity index is 542. The van der Waals surface area contributed by atoms with Crippen LogP contribution in [0.2, 0.25) is 15.6 Å². The first kappa shape index (κ1) is 12.4. The number of hydrogen-bond donors (Lipinski definition) is 0. The first-order valence-electron chi connectivity index (χ1n) is 4.51. The Balaban J connectivity index is 2.52. The molecular formula is C10H6Cl3N3O. The van der Waals surface area contributed by atoms with Crippen molar-refractivity contribution in [2.45, 2.75) is 0 Å². The predicted molar refractivity (Wildman–Crippen MR) is 66.8 cm³/mol. The maximum absolute atomic E-state index is 5.92. The molecule has 0 unspecified atom stereocenters. The molecule has 0 bridgehead atoms. The van der Waals surface area contributed by atoms with E-state index in [4.69, 9.17) is 39.5 Å². The third-order valence-corrected chi connectivity index (χ3v) is 2.64. The zero-order valence-corrected chi connectivity index (χ0v) is 10.9. The third kappa shape index (κ3) is 2.77. The van der Waals surface area contributed by atoms with Crippen LogP contribution in [0.15, 0.2) is 18.2 Å². The van der Waals surface area contributed by atoms with E-state index in [-0.39, 0.29) is 10.6 Å². The number of benzene rings is 1. The molecule has 0 amide bonds. The van der Waals surface area contributed by atoms with Crippen molar-refractivity contribution in [2.24, 2.45) is 0 Å². The Morgan fingerprint density at radius 2 is 1.65 bits per heavy atom. The highest BCUT2D eigenvalue weighted by Crippen LogP contribution is 2.29. The molecule has 2 rings (SSSR count). The molecule has 88 valence electrons. The minimum absolute atomic E-state index is 0.0360. The molecule has 0 fully saturated rings. The number of aromatic nitrogens is 3. The van der Waals surface area contributed by atoms with Crippen molar-refractivity contribution >= 4 is 34.8 Å². The monoisotopic (exact) mass is 289 g/mol. The number of nitrogens with zero attached hydrogens (tertiary/aromatic N) is 3. The Hall–Kier alpha value is -1.10. The van der Waals surface area contributed by atoms with E-state index in [1.165, 1.54) is 7.11 Å². The van der Waals surface area contributed by atoms with Gasteiger partial charge in [-0.25, -0.2) is 0 Å². The van der Waals surface area contributed by atoms with Gasteiger partial charge in [-0.2, -0.15) is 15.0 Å². The fourth-order valence-corrected chi connectivity index (χ4v) is 1.81. The zero-order valence-electron chi connectivity index (χ0n) is 8.62. The molecule has 0 aliphatic rings. The lowest BCUT2D eigenvalue weighted by Crippen LogP contribution is -1.94. The summed E-state index contributed by atoms with van der Waals surface area (Å²) in [5.74, 6) is 0.891. The summed E-state index contributed by atoms with van der Waals surface area (Å²) in [6, 6.07) is 5.12. The van der Waals surface area contributed by atoms with Crippen molar-refractivity contribution in [3.63, 3.8) is 0 Å². The smallest absolute Gasteiger partial charge is 0.227 e. The third-order valence-electron chi connectivity index (χ3n) is 1.99. The molecule has 7 heteroatoms. The van der Waals surface area contributed by atoms with Crippen molar-refractivity contribution < 1.29 is 4.74 Å². The molecular weight excluding hydrogens is 284 g/mol. The van der Waals surface area contributed by atoms with Crippen molar-refractivity contribution in [1.82, 2.24) is 15.0 Å². The fraction of sp³-hybridized carbons (Fsp3) is 0.100. The fourth-order valence-electron chi connectivity index (χ4n) is 1.25. The molecule has 0 saturated carbocycles. The summed E-state index contributed by atoms with van der Waals surface area (Å²) in [5.41, 5.74) is 0.692. The highest BCUT2D eigenvalue weighted by atomic mass is 35.5. The molecule has 0 spiro atoms. The van der Waals surface area contributed by atoms with E-state index >= 15 is 0 Å². The molecule has 0 radical (unpaired) electrons. The number of methoxy groups -OCH3 is 1. The van der Waals surface area contributed by atoms with Gasteiger partial charge in [-0.05, 0) is 41.4 Å². The number of hydrogen-bond acceptors (Lipinski definition) is 4. The molecule has 0 aliphatic heterocycles. The van der Waals surface area contributed by atoms with Crippen LogP contribution in [-0.2, 0) is 0 Å². The number of halogens is 3. The lowest BCUT2D eigenvalue weighted by Gasteiger charge is -2.05. The molecule has 0 saturated heterocycles. The molecule has 1 heterocycles. The highest BCUT2D eigenvalue weighted by Gasteiger charge is 2.09. The average Bonchev–Trinajstić information content (AvgIpc) is 2.28. The van der Waals surface area contributed by atoms with Gasteiger partial charge in [0.2, 0.25) is 10.6 Å². The lowest BCUT2D eigenvalue weighted by molar-refractivity contribution is 0.415. The normalized spacial score (nSPS) is 10.4. The average molecular weight is 291 g/mol. The van der Waals surface area contributed by atoms with Crippen LogP contribution in [0.3, 0.4) is 0 Å². The topological polar surface area (TPSA) is 47.9 Å². The molecule has 2 aromatic rings. The summed E-state index contributed by atoms with van der Waals surface area (Å²) in [5, 5.41) is 0.574. The van der Waals surface area contributed by atoms with E-state index in [1.54, 1.807) is 18.2 Å². The van der Waals surface area contributed by atoms with Crippen molar-refractivity contribution in [3.05, 3.63) is 33.8 Å². The molecule has 4 nitrogen and oxygen atoms in total. The second-order valence-corrected chi connectivity index (χ2v) is 4.13. The molecule has 0 atom stereocenters. The van der Waals surface area contributed by atoms with Crippen molar-refractivity contribution in [1.29, 1.82) is 0 Å². The van der Waals surface area contributed by atoms with Crippen LogP contribution in [-0.4, -0.2) is 22.1 Å². The van der Waals surface area contributed by atoms with Crippen LogP contribution in [0.5, 0.6) is 5.75 Å². The summed E-state index contributed by atoms with van der Waals surface area (Å²) in [7, 11) is 1.53. The molecule has 1 aromatic heterocycles. The van der Waals surface area contributed by atoms with Gasteiger partial charge in [-0.1, -0.05) is 11.6 Å². The van der Waals surface area contributed by atoms with E-state index < -0.39 is 0 Å². The summed E-state index contributed by atoms with van der Waals surface area (Å²) >= 11 is 17.3. The van der Waals surface area contributed by atoms with E-state index in [9.17, 15) is 0 Å². The van der Waals surface area contributed by atoms with Crippen LogP contribution in [0.4, 0.5) is 0 Å². The molecule has 1 aromatic carbocycles. The molecule has 0 aliphatic carbocycles. The van der Waals surface area contributed by atoms with E-state index in [1.807, 2.05) is 0 Å². The molecule has 0 N–H and O–H groups in total. The summed E-state index contributed by atoms with van der Waals surface area (Å²) in [6.07, 6.45) is 0. The summed E-state index contributed by atoms with van der Waals surface area (Å²) in [6.45, 7) is 0.